The Bertz CT molecular complexity index is 735. The van der Waals surface area contributed by atoms with Crippen LogP contribution in [0.3, 0.4) is 0 Å². The zero-order valence-corrected chi connectivity index (χ0v) is 16.1. The molecule has 5 nitrogen and oxygen atoms in total. The van der Waals surface area contributed by atoms with Crippen molar-refractivity contribution in [2.75, 3.05) is 5.32 Å². The molecular weight excluding hydrogens is 334 g/mol. The van der Waals surface area contributed by atoms with Gasteiger partial charge in [0.15, 0.2) is 5.13 Å². The molecule has 2 rings (SSSR count). The molecule has 0 unspecified atom stereocenters. The van der Waals surface area contributed by atoms with Crippen molar-refractivity contribution in [3.63, 3.8) is 0 Å². The van der Waals surface area contributed by atoms with Crippen LogP contribution in [0.5, 0.6) is 0 Å². The van der Waals surface area contributed by atoms with Crippen LogP contribution in [-0.4, -0.2) is 22.8 Å². The fourth-order valence-corrected chi connectivity index (χ4v) is 3.13. The maximum Gasteiger partial charge on any atom is 0.251 e. The lowest BCUT2D eigenvalue weighted by atomic mass is 10.0. The third-order valence-electron chi connectivity index (χ3n) is 3.89. The summed E-state index contributed by atoms with van der Waals surface area (Å²) in [6.07, 6.45) is 0. The van der Waals surface area contributed by atoms with Crippen LogP contribution in [0.2, 0.25) is 0 Å². The van der Waals surface area contributed by atoms with Crippen LogP contribution in [0.25, 0.3) is 0 Å². The van der Waals surface area contributed by atoms with Crippen LogP contribution in [-0.2, 0) is 4.79 Å². The SMILES string of the molecule is Cc1ccc(C(=O)N[C@H](C(=O)Nc2nc(C(C)C)cs2)C(C)C)cc1. The summed E-state index contributed by atoms with van der Waals surface area (Å²) in [5, 5.41) is 8.15. The largest absolute Gasteiger partial charge is 0.340 e. The van der Waals surface area contributed by atoms with E-state index in [1.165, 1.54) is 11.3 Å². The Labute approximate surface area is 152 Å². The van der Waals surface area contributed by atoms with Gasteiger partial charge in [0.05, 0.1) is 5.69 Å². The minimum atomic E-state index is -0.625. The lowest BCUT2D eigenvalue weighted by Crippen LogP contribution is -2.47. The normalized spacial score (nSPS) is 12.3. The van der Waals surface area contributed by atoms with Gasteiger partial charge >= 0.3 is 0 Å². The number of aryl methyl sites for hydroxylation is 1. The number of amides is 2. The van der Waals surface area contributed by atoms with Gasteiger partial charge < -0.3 is 10.6 Å². The third kappa shape index (κ3) is 5.13. The van der Waals surface area contributed by atoms with Gasteiger partial charge in [-0.15, -0.1) is 11.3 Å². The number of nitrogens with one attached hydrogen (secondary N) is 2. The molecule has 25 heavy (non-hydrogen) atoms. The average Bonchev–Trinajstić information content (AvgIpc) is 3.01. The average molecular weight is 359 g/mol. The summed E-state index contributed by atoms with van der Waals surface area (Å²) in [6.45, 7) is 9.88. The van der Waals surface area contributed by atoms with E-state index in [2.05, 4.69) is 29.5 Å². The number of carbonyl (C=O) groups excluding carboxylic acids is 2. The zero-order chi connectivity index (χ0) is 18.6. The van der Waals surface area contributed by atoms with Gasteiger partial charge in [-0.25, -0.2) is 4.98 Å². The predicted molar refractivity (Wildman–Crippen MR) is 102 cm³/mol. The van der Waals surface area contributed by atoms with Crippen LogP contribution >= 0.6 is 11.3 Å². The third-order valence-corrected chi connectivity index (χ3v) is 4.67. The monoisotopic (exact) mass is 359 g/mol. The second kappa shape index (κ2) is 8.25. The number of hydrogen-bond donors (Lipinski definition) is 2. The van der Waals surface area contributed by atoms with Crippen LogP contribution < -0.4 is 10.6 Å². The Morgan fingerprint density at radius 1 is 1.08 bits per heavy atom. The first kappa shape index (κ1) is 19.1. The number of benzene rings is 1. The molecule has 1 atom stereocenters. The van der Waals surface area contributed by atoms with Crippen molar-refractivity contribution in [2.24, 2.45) is 5.92 Å². The Morgan fingerprint density at radius 2 is 1.72 bits per heavy atom. The molecule has 2 aromatic rings. The molecule has 6 heteroatoms. The molecule has 1 aromatic heterocycles. The zero-order valence-electron chi connectivity index (χ0n) is 15.3. The molecule has 2 N–H and O–H groups in total. The van der Waals surface area contributed by atoms with Gasteiger partial charge in [0.25, 0.3) is 5.91 Å². The number of thiazole rings is 1. The molecule has 0 fully saturated rings. The van der Waals surface area contributed by atoms with Crippen molar-refractivity contribution < 1.29 is 9.59 Å². The van der Waals surface area contributed by atoms with Gasteiger partial charge in [0.2, 0.25) is 5.91 Å². The standard InChI is InChI=1S/C19H25N3O2S/c1-11(2)15-10-25-19(20-15)22-18(24)16(12(3)4)21-17(23)14-8-6-13(5)7-9-14/h6-12,16H,1-5H3,(H,21,23)(H,20,22,24)/t16-/m0/s1. The van der Waals surface area contributed by atoms with Crippen LogP contribution in [0, 0.1) is 12.8 Å². The molecule has 0 radical (unpaired) electrons. The van der Waals surface area contributed by atoms with Gasteiger partial charge in [0, 0.05) is 10.9 Å². The molecule has 134 valence electrons. The van der Waals surface area contributed by atoms with E-state index in [9.17, 15) is 9.59 Å². The van der Waals surface area contributed by atoms with Crippen molar-refractivity contribution in [3.05, 3.63) is 46.5 Å². The Kier molecular flexibility index (Phi) is 6.31. The van der Waals surface area contributed by atoms with E-state index in [4.69, 9.17) is 0 Å². The molecule has 2 amide bonds. The molecule has 0 aliphatic carbocycles. The van der Waals surface area contributed by atoms with E-state index in [1.807, 2.05) is 38.3 Å². The van der Waals surface area contributed by atoms with Crippen molar-refractivity contribution in [2.45, 2.75) is 46.6 Å². The van der Waals surface area contributed by atoms with Gasteiger partial charge in [-0.2, -0.15) is 0 Å². The highest BCUT2D eigenvalue weighted by atomic mass is 32.1. The second-order valence-electron chi connectivity index (χ2n) is 6.78. The van der Waals surface area contributed by atoms with Gasteiger partial charge in [-0.3, -0.25) is 9.59 Å². The van der Waals surface area contributed by atoms with Crippen molar-refractivity contribution in [1.29, 1.82) is 0 Å². The van der Waals surface area contributed by atoms with Gasteiger partial charge in [-0.1, -0.05) is 45.4 Å². The van der Waals surface area contributed by atoms with E-state index in [-0.39, 0.29) is 17.7 Å². The van der Waals surface area contributed by atoms with Gasteiger partial charge in [-0.05, 0) is 30.9 Å². The molecular formula is C19H25N3O2S. The topological polar surface area (TPSA) is 71.1 Å². The summed E-state index contributed by atoms with van der Waals surface area (Å²) >= 11 is 1.40. The fourth-order valence-electron chi connectivity index (χ4n) is 2.26. The first-order chi connectivity index (χ1) is 11.8. The number of nitrogens with zero attached hydrogens (tertiary/aromatic N) is 1. The summed E-state index contributed by atoms with van der Waals surface area (Å²) in [6, 6.07) is 6.65. The summed E-state index contributed by atoms with van der Waals surface area (Å²) in [7, 11) is 0. The lowest BCUT2D eigenvalue weighted by molar-refractivity contribution is -0.118. The highest BCUT2D eigenvalue weighted by molar-refractivity contribution is 7.13. The molecule has 1 heterocycles. The smallest absolute Gasteiger partial charge is 0.251 e. The maximum atomic E-state index is 12.6. The number of aromatic nitrogens is 1. The Balaban J connectivity index is 2.07. The minimum absolute atomic E-state index is 0.0427. The van der Waals surface area contributed by atoms with E-state index in [1.54, 1.807) is 12.1 Å². The second-order valence-corrected chi connectivity index (χ2v) is 7.64. The fraction of sp³-hybridized carbons (Fsp3) is 0.421. The first-order valence-corrected chi connectivity index (χ1v) is 9.29. The Hall–Kier alpha value is -2.21. The maximum absolute atomic E-state index is 12.6. The van der Waals surface area contributed by atoms with Crippen LogP contribution in [0.15, 0.2) is 29.6 Å². The van der Waals surface area contributed by atoms with E-state index < -0.39 is 6.04 Å². The summed E-state index contributed by atoms with van der Waals surface area (Å²) < 4.78 is 0. The van der Waals surface area contributed by atoms with Crippen LogP contribution in [0.1, 0.15) is 55.2 Å². The molecule has 0 saturated carbocycles. The van der Waals surface area contributed by atoms with Gasteiger partial charge in [0.1, 0.15) is 6.04 Å². The van der Waals surface area contributed by atoms with E-state index >= 15 is 0 Å². The molecule has 1 aromatic carbocycles. The number of anilines is 1. The number of hydrogen-bond acceptors (Lipinski definition) is 4. The minimum Gasteiger partial charge on any atom is -0.340 e. The lowest BCUT2D eigenvalue weighted by Gasteiger charge is -2.21. The summed E-state index contributed by atoms with van der Waals surface area (Å²) in [4.78, 5) is 29.4. The van der Waals surface area contributed by atoms with Crippen molar-refractivity contribution in [3.8, 4) is 0 Å². The summed E-state index contributed by atoms with van der Waals surface area (Å²) in [5.41, 5.74) is 2.57. The molecule has 0 saturated heterocycles. The predicted octanol–water partition coefficient (Wildman–Crippen LogP) is 3.97. The number of rotatable bonds is 6. The quantitative estimate of drug-likeness (QED) is 0.820. The molecule has 0 aliphatic heterocycles. The number of carbonyl (C=O) groups is 2. The van der Waals surface area contributed by atoms with Crippen molar-refractivity contribution >= 4 is 28.3 Å². The molecule has 0 bridgehead atoms. The highest BCUT2D eigenvalue weighted by Crippen LogP contribution is 2.22. The molecule has 0 spiro atoms. The van der Waals surface area contributed by atoms with E-state index in [0.717, 1.165) is 11.3 Å². The molecule has 0 aliphatic rings. The first-order valence-electron chi connectivity index (χ1n) is 8.41. The van der Waals surface area contributed by atoms with Crippen molar-refractivity contribution in [1.82, 2.24) is 10.3 Å². The summed E-state index contributed by atoms with van der Waals surface area (Å²) in [5.74, 6) is -0.237. The van der Waals surface area contributed by atoms with E-state index in [0.29, 0.717) is 16.6 Å². The Morgan fingerprint density at radius 3 is 2.24 bits per heavy atom. The van der Waals surface area contributed by atoms with Crippen LogP contribution in [0.4, 0.5) is 5.13 Å². The highest BCUT2D eigenvalue weighted by Gasteiger charge is 2.25.